The van der Waals surface area contributed by atoms with Crippen molar-refractivity contribution in [1.82, 2.24) is 0 Å². The van der Waals surface area contributed by atoms with Crippen molar-refractivity contribution in [2.24, 2.45) is 23.7 Å². The Hall–Kier alpha value is -1.94. The molecule has 0 radical (unpaired) electrons. The summed E-state index contributed by atoms with van der Waals surface area (Å²) in [5.41, 5.74) is 0. The molecule has 3 unspecified atom stereocenters. The molecule has 17 nitrogen and oxygen atoms in total. The summed E-state index contributed by atoms with van der Waals surface area (Å²) in [5.74, 6) is 0.713. The Morgan fingerprint density at radius 1 is 0.294 bits per heavy atom. The molecule has 0 aliphatic rings. The maximum absolute atomic E-state index is 13.0. The van der Waals surface area contributed by atoms with E-state index in [4.69, 9.17) is 37.0 Å². The van der Waals surface area contributed by atoms with Gasteiger partial charge in [0.05, 0.1) is 26.4 Å². The Kier molecular flexibility index (Phi) is 54.8. The highest BCUT2D eigenvalue weighted by atomic mass is 31.2. The molecule has 0 saturated carbocycles. The number of hydrogen-bond acceptors (Lipinski definition) is 15. The molecular weight excluding hydrogens is 1130 g/mol. The van der Waals surface area contributed by atoms with Gasteiger partial charge in [0.15, 0.2) is 12.2 Å². The molecule has 0 aromatic heterocycles. The molecule has 0 rings (SSSR count). The second-order valence-electron chi connectivity index (χ2n) is 25.8. The molecule has 0 spiro atoms. The molecule has 85 heavy (non-hydrogen) atoms. The number of phosphoric acid groups is 2. The Morgan fingerprint density at radius 2 is 0.494 bits per heavy atom. The number of aliphatic hydroxyl groups excluding tert-OH is 1. The van der Waals surface area contributed by atoms with Crippen LogP contribution in [0.2, 0.25) is 0 Å². The van der Waals surface area contributed by atoms with E-state index in [1.807, 2.05) is 0 Å². The molecule has 5 atom stereocenters. The smallest absolute Gasteiger partial charge is 0.462 e. The van der Waals surface area contributed by atoms with E-state index >= 15 is 0 Å². The highest BCUT2D eigenvalue weighted by molar-refractivity contribution is 7.47. The van der Waals surface area contributed by atoms with Crippen LogP contribution in [0, 0.1) is 23.7 Å². The Morgan fingerprint density at radius 3 is 0.729 bits per heavy atom. The lowest BCUT2D eigenvalue weighted by Gasteiger charge is -2.21. The first kappa shape index (κ1) is 83.1. The normalized spacial score (nSPS) is 14.4. The number of esters is 4. The lowest BCUT2D eigenvalue weighted by molar-refractivity contribution is -0.161. The topological polar surface area (TPSA) is 237 Å². The van der Waals surface area contributed by atoms with Crippen LogP contribution in [0.3, 0.4) is 0 Å². The highest BCUT2D eigenvalue weighted by Gasteiger charge is 2.30. The van der Waals surface area contributed by atoms with E-state index in [-0.39, 0.29) is 25.7 Å². The summed E-state index contributed by atoms with van der Waals surface area (Å²) in [7, 11) is -9.89. The summed E-state index contributed by atoms with van der Waals surface area (Å²) >= 11 is 0. The van der Waals surface area contributed by atoms with Gasteiger partial charge >= 0.3 is 39.5 Å². The molecule has 0 aliphatic heterocycles. The molecule has 0 fully saturated rings. The average molecular weight is 1260 g/mol. The van der Waals surface area contributed by atoms with Crippen molar-refractivity contribution >= 4 is 39.5 Å². The zero-order chi connectivity index (χ0) is 63.2. The van der Waals surface area contributed by atoms with Crippen LogP contribution >= 0.6 is 15.6 Å². The maximum Gasteiger partial charge on any atom is 0.472 e. The number of carbonyl (C=O) groups excluding carboxylic acids is 4. The van der Waals surface area contributed by atoms with Gasteiger partial charge < -0.3 is 33.8 Å². The minimum Gasteiger partial charge on any atom is -0.462 e. The molecule has 0 aromatic carbocycles. The fourth-order valence-electron chi connectivity index (χ4n) is 9.78. The van der Waals surface area contributed by atoms with Crippen LogP contribution in [0.1, 0.15) is 319 Å². The number of ether oxygens (including phenoxy) is 4. The zero-order valence-electron chi connectivity index (χ0n) is 55.2. The lowest BCUT2D eigenvalue weighted by Crippen LogP contribution is -2.30. The quantitative estimate of drug-likeness (QED) is 0.0222. The van der Waals surface area contributed by atoms with E-state index in [0.29, 0.717) is 37.5 Å². The zero-order valence-corrected chi connectivity index (χ0v) is 57.0. The third-order valence-electron chi connectivity index (χ3n) is 15.1. The number of aliphatic hydroxyl groups is 1. The second kappa shape index (κ2) is 56.1. The first-order chi connectivity index (χ1) is 40.6. The van der Waals surface area contributed by atoms with Gasteiger partial charge in [-0.3, -0.25) is 37.3 Å². The number of carbonyl (C=O) groups is 4. The van der Waals surface area contributed by atoms with E-state index in [9.17, 15) is 43.2 Å². The third-order valence-corrected chi connectivity index (χ3v) is 17.0. The summed E-state index contributed by atoms with van der Waals surface area (Å²) in [6.45, 7) is 13.9. The van der Waals surface area contributed by atoms with Gasteiger partial charge in [0, 0.05) is 25.7 Å². The average Bonchev–Trinajstić information content (AvgIpc) is 3.55. The van der Waals surface area contributed by atoms with Crippen molar-refractivity contribution in [3.63, 3.8) is 0 Å². The van der Waals surface area contributed by atoms with Gasteiger partial charge in [0.1, 0.15) is 19.3 Å². The van der Waals surface area contributed by atoms with Gasteiger partial charge in [-0.25, -0.2) is 9.13 Å². The van der Waals surface area contributed by atoms with Crippen LogP contribution in [0.25, 0.3) is 0 Å². The van der Waals surface area contributed by atoms with Crippen molar-refractivity contribution in [2.45, 2.75) is 337 Å². The molecule has 0 aliphatic carbocycles. The Bertz CT molecular complexity index is 1700. The first-order valence-electron chi connectivity index (χ1n) is 34.2. The standard InChI is InChI=1S/C66H128O17P2/c1-56(2)42-34-26-18-14-12-10-9-11-13-15-20-30-38-46-63(68)76-52-61(82-65(70)48-40-32-24-22-28-36-44-58(5)6)54-80-84(72,73)78-50-60(67)51-79-85(74,75)81-55-62(83-66(71)49-41-33-25-23-29-37-45-59(7)8)53-77-64(69)47-39-31-21-17-16-19-27-35-43-57(3)4/h56-62,67H,9-55H2,1-8H3,(H,72,73)(H,74,75)/t60?,61-,62-/m1/s1. The second-order valence-corrected chi connectivity index (χ2v) is 28.7. The Balaban J connectivity index is 5.18. The van der Waals surface area contributed by atoms with Crippen molar-refractivity contribution in [2.75, 3.05) is 39.6 Å². The number of phosphoric ester groups is 2. The van der Waals surface area contributed by atoms with Gasteiger partial charge in [-0.15, -0.1) is 0 Å². The van der Waals surface area contributed by atoms with Crippen LogP contribution in [0.5, 0.6) is 0 Å². The van der Waals surface area contributed by atoms with Gasteiger partial charge in [0.25, 0.3) is 0 Å². The summed E-state index contributed by atoms with van der Waals surface area (Å²) in [6.07, 6.45) is 36.6. The number of unbranched alkanes of at least 4 members (excludes halogenated alkanes) is 29. The number of hydrogen-bond donors (Lipinski definition) is 3. The predicted molar refractivity (Wildman–Crippen MR) is 340 cm³/mol. The molecule has 0 heterocycles. The van der Waals surface area contributed by atoms with Gasteiger partial charge in [-0.05, 0) is 49.4 Å². The van der Waals surface area contributed by atoms with Gasteiger partial charge in [0.2, 0.25) is 0 Å². The van der Waals surface area contributed by atoms with Crippen molar-refractivity contribution < 1.29 is 80.2 Å². The van der Waals surface area contributed by atoms with Crippen LogP contribution < -0.4 is 0 Å². The minimum absolute atomic E-state index is 0.101. The molecule has 504 valence electrons. The molecule has 0 amide bonds. The van der Waals surface area contributed by atoms with Gasteiger partial charge in [-0.1, -0.05) is 267 Å². The third kappa shape index (κ3) is 60.7. The molecule has 0 bridgehead atoms. The van der Waals surface area contributed by atoms with E-state index in [1.54, 1.807) is 0 Å². The van der Waals surface area contributed by atoms with Crippen LogP contribution in [0.4, 0.5) is 0 Å². The summed E-state index contributed by atoms with van der Waals surface area (Å²) in [4.78, 5) is 72.2. The largest absolute Gasteiger partial charge is 0.472 e. The van der Waals surface area contributed by atoms with Crippen molar-refractivity contribution in [1.29, 1.82) is 0 Å². The Labute approximate surface area is 517 Å². The SMILES string of the molecule is CC(C)CCCCCCCCCCCCCCCC(=O)OC[C@H](COP(=O)(O)OCC(O)COP(=O)(O)OC[C@@H](COC(=O)CCCCCCCCCCC(C)C)OC(=O)CCCCCCCCC(C)C)OC(=O)CCCCCCCCC(C)C. The maximum atomic E-state index is 13.0. The van der Waals surface area contributed by atoms with Crippen LogP contribution in [0.15, 0.2) is 0 Å². The predicted octanol–water partition coefficient (Wildman–Crippen LogP) is 18.1. The van der Waals surface area contributed by atoms with Crippen LogP contribution in [-0.2, 0) is 65.4 Å². The highest BCUT2D eigenvalue weighted by Crippen LogP contribution is 2.45. The van der Waals surface area contributed by atoms with E-state index in [2.05, 4.69) is 55.4 Å². The molecule has 0 aromatic rings. The summed E-state index contributed by atoms with van der Waals surface area (Å²) in [5, 5.41) is 10.5. The minimum atomic E-state index is -4.95. The molecular formula is C66H128O17P2. The first-order valence-corrected chi connectivity index (χ1v) is 37.2. The van der Waals surface area contributed by atoms with E-state index in [0.717, 1.165) is 102 Å². The molecule has 3 N–H and O–H groups in total. The van der Waals surface area contributed by atoms with E-state index in [1.165, 1.54) is 122 Å². The van der Waals surface area contributed by atoms with E-state index < -0.39 is 97.5 Å². The lowest BCUT2D eigenvalue weighted by atomic mass is 10.0. The number of rotatable bonds is 63. The van der Waals surface area contributed by atoms with Crippen molar-refractivity contribution in [3.8, 4) is 0 Å². The van der Waals surface area contributed by atoms with Gasteiger partial charge in [-0.2, -0.15) is 0 Å². The fourth-order valence-corrected chi connectivity index (χ4v) is 11.4. The summed E-state index contributed by atoms with van der Waals surface area (Å²) < 4.78 is 68.0. The molecule has 19 heteroatoms. The summed E-state index contributed by atoms with van der Waals surface area (Å²) in [6, 6.07) is 0. The fraction of sp³-hybridized carbons (Fsp3) is 0.939. The van der Waals surface area contributed by atoms with Crippen LogP contribution in [-0.4, -0.2) is 96.7 Å². The molecule has 0 saturated heterocycles. The van der Waals surface area contributed by atoms with Crippen molar-refractivity contribution in [3.05, 3.63) is 0 Å². The monoisotopic (exact) mass is 1250 g/mol.